The summed E-state index contributed by atoms with van der Waals surface area (Å²) in [6.07, 6.45) is 5.22. The fraction of sp³-hybridized carbons (Fsp3) is 0.882. The number of carbonyl (C=O) groups excluding carboxylic acids is 1. The van der Waals surface area contributed by atoms with E-state index in [-0.39, 0.29) is 18.2 Å². The van der Waals surface area contributed by atoms with Crippen LogP contribution in [0.2, 0.25) is 0 Å². The van der Waals surface area contributed by atoms with Crippen LogP contribution >= 0.6 is 0 Å². The van der Waals surface area contributed by atoms with Gasteiger partial charge in [0.1, 0.15) is 0 Å². The molecule has 2 fully saturated rings. The summed E-state index contributed by atoms with van der Waals surface area (Å²) >= 11 is 0. The molecule has 0 spiro atoms. The zero-order chi connectivity index (χ0) is 16.3. The Labute approximate surface area is 132 Å². The molecule has 1 saturated carbocycles. The predicted octanol–water partition coefficient (Wildman–Crippen LogP) is 2.28. The zero-order valence-corrected chi connectivity index (χ0v) is 13.8. The van der Waals surface area contributed by atoms with E-state index in [1.165, 1.54) is 0 Å². The Morgan fingerprint density at radius 3 is 2.18 bits per heavy atom. The molecule has 2 rings (SSSR count). The molecule has 0 unspecified atom stereocenters. The van der Waals surface area contributed by atoms with Crippen molar-refractivity contribution in [2.24, 2.45) is 17.8 Å². The van der Waals surface area contributed by atoms with Crippen LogP contribution in [0.4, 0.5) is 0 Å². The number of aliphatic carboxylic acids is 1. The summed E-state index contributed by atoms with van der Waals surface area (Å²) in [6, 6.07) is 0. The van der Waals surface area contributed by atoms with Gasteiger partial charge in [0, 0.05) is 13.1 Å². The van der Waals surface area contributed by atoms with Crippen LogP contribution in [-0.2, 0) is 9.59 Å². The molecule has 1 aliphatic carbocycles. The first-order valence-corrected chi connectivity index (χ1v) is 8.63. The van der Waals surface area contributed by atoms with Gasteiger partial charge in [-0.3, -0.25) is 9.59 Å². The monoisotopic (exact) mass is 311 g/mol. The van der Waals surface area contributed by atoms with Crippen LogP contribution in [0.1, 0.15) is 58.8 Å². The second kappa shape index (κ2) is 6.99. The molecule has 0 bridgehead atoms. The average Bonchev–Trinajstić information content (AvgIpc) is 3.17. The first-order chi connectivity index (χ1) is 10.4. The number of rotatable bonds is 8. The first-order valence-electron chi connectivity index (χ1n) is 8.63. The van der Waals surface area contributed by atoms with E-state index < -0.39 is 17.5 Å². The summed E-state index contributed by atoms with van der Waals surface area (Å²) in [6.45, 7) is 4.87. The summed E-state index contributed by atoms with van der Waals surface area (Å²) in [7, 11) is 0. The van der Waals surface area contributed by atoms with Gasteiger partial charge in [0.25, 0.3) is 0 Å². The third-order valence-corrected chi connectivity index (χ3v) is 5.17. The highest BCUT2D eigenvalue weighted by Gasteiger charge is 2.47. The second-order valence-corrected chi connectivity index (χ2v) is 7.15. The molecule has 126 valence electrons. The summed E-state index contributed by atoms with van der Waals surface area (Å²) in [5.74, 6) is -0.721. The molecular weight excluding hydrogens is 282 g/mol. The molecule has 5 heteroatoms. The van der Waals surface area contributed by atoms with Crippen molar-refractivity contribution >= 4 is 11.9 Å². The van der Waals surface area contributed by atoms with Crippen molar-refractivity contribution in [1.29, 1.82) is 0 Å². The van der Waals surface area contributed by atoms with Crippen molar-refractivity contribution in [2.45, 2.75) is 64.4 Å². The van der Waals surface area contributed by atoms with Crippen molar-refractivity contribution in [1.82, 2.24) is 4.90 Å². The summed E-state index contributed by atoms with van der Waals surface area (Å²) in [4.78, 5) is 25.6. The summed E-state index contributed by atoms with van der Waals surface area (Å²) < 4.78 is 0. The quantitative estimate of drug-likeness (QED) is 0.721. The summed E-state index contributed by atoms with van der Waals surface area (Å²) in [5, 5.41) is 20.0. The maximum atomic E-state index is 12.5. The van der Waals surface area contributed by atoms with Crippen LogP contribution in [0.25, 0.3) is 0 Å². The van der Waals surface area contributed by atoms with Crippen molar-refractivity contribution in [3.05, 3.63) is 0 Å². The molecule has 0 aromatic carbocycles. The lowest BCUT2D eigenvalue weighted by molar-refractivity contribution is -0.143. The Morgan fingerprint density at radius 2 is 1.73 bits per heavy atom. The van der Waals surface area contributed by atoms with Gasteiger partial charge in [0.15, 0.2) is 0 Å². The maximum Gasteiger partial charge on any atom is 0.308 e. The molecule has 2 aliphatic rings. The number of carboxylic acid groups (broad SMARTS) is 1. The molecule has 1 aliphatic heterocycles. The van der Waals surface area contributed by atoms with Crippen molar-refractivity contribution in [2.75, 3.05) is 13.1 Å². The molecule has 1 saturated heterocycles. The van der Waals surface area contributed by atoms with Gasteiger partial charge < -0.3 is 15.1 Å². The Balaban J connectivity index is 1.98. The van der Waals surface area contributed by atoms with Crippen molar-refractivity contribution < 1.29 is 19.8 Å². The van der Waals surface area contributed by atoms with Gasteiger partial charge in [-0.2, -0.15) is 0 Å². The third-order valence-electron chi connectivity index (χ3n) is 5.17. The number of hydrogen-bond donors (Lipinski definition) is 2. The van der Waals surface area contributed by atoms with E-state index >= 15 is 0 Å². The van der Waals surface area contributed by atoms with E-state index in [2.05, 4.69) is 0 Å². The largest absolute Gasteiger partial charge is 0.481 e. The molecule has 5 nitrogen and oxygen atoms in total. The molecule has 2 N–H and O–H groups in total. The SMILES string of the molecule is CCCC(O)(CCC)CC(=O)N1C[C@H](C(=O)O)[C@@H](C2CC2)C1. The van der Waals surface area contributed by atoms with Gasteiger partial charge >= 0.3 is 5.97 Å². The number of amides is 1. The Kier molecular flexibility index (Phi) is 5.48. The zero-order valence-electron chi connectivity index (χ0n) is 13.8. The highest BCUT2D eigenvalue weighted by Crippen LogP contribution is 2.44. The number of carboxylic acids is 1. The molecule has 0 radical (unpaired) electrons. The van der Waals surface area contributed by atoms with Crippen molar-refractivity contribution in [3.8, 4) is 0 Å². The van der Waals surface area contributed by atoms with Crippen LogP contribution < -0.4 is 0 Å². The topological polar surface area (TPSA) is 77.8 Å². The minimum Gasteiger partial charge on any atom is -0.481 e. The van der Waals surface area contributed by atoms with Gasteiger partial charge in [0.05, 0.1) is 17.9 Å². The van der Waals surface area contributed by atoms with Gasteiger partial charge in [-0.05, 0) is 37.5 Å². The van der Waals surface area contributed by atoms with E-state index in [1.807, 2.05) is 13.8 Å². The van der Waals surface area contributed by atoms with E-state index in [4.69, 9.17) is 0 Å². The number of hydrogen-bond acceptors (Lipinski definition) is 3. The fourth-order valence-electron chi connectivity index (χ4n) is 3.92. The molecule has 1 heterocycles. The molecule has 22 heavy (non-hydrogen) atoms. The highest BCUT2D eigenvalue weighted by molar-refractivity contribution is 5.79. The summed E-state index contributed by atoms with van der Waals surface area (Å²) in [5.41, 5.74) is -0.934. The smallest absolute Gasteiger partial charge is 0.308 e. The Hall–Kier alpha value is -1.10. The minimum absolute atomic E-state index is 0.0844. The lowest BCUT2D eigenvalue weighted by atomic mass is 9.89. The van der Waals surface area contributed by atoms with Crippen LogP contribution in [-0.4, -0.2) is 45.7 Å². The van der Waals surface area contributed by atoms with E-state index in [1.54, 1.807) is 4.90 Å². The Bertz CT molecular complexity index is 413. The van der Waals surface area contributed by atoms with Crippen LogP contribution in [0.3, 0.4) is 0 Å². The fourth-order valence-corrected chi connectivity index (χ4v) is 3.92. The second-order valence-electron chi connectivity index (χ2n) is 7.15. The van der Waals surface area contributed by atoms with Crippen molar-refractivity contribution in [3.63, 3.8) is 0 Å². The molecule has 1 amide bonds. The lowest BCUT2D eigenvalue weighted by Crippen LogP contribution is -2.39. The van der Waals surface area contributed by atoms with Crippen LogP contribution in [0.15, 0.2) is 0 Å². The van der Waals surface area contributed by atoms with Gasteiger partial charge in [-0.1, -0.05) is 26.7 Å². The van der Waals surface area contributed by atoms with E-state index in [0.717, 1.165) is 25.7 Å². The predicted molar refractivity (Wildman–Crippen MR) is 83.3 cm³/mol. The number of carbonyl (C=O) groups is 2. The number of aliphatic hydroxyl groups is 1. The molecule has 0 aromatic heterocycles. The average molecular weight is 311 g/mol. The minimum atomic E-state index is -0.934. The standard InChI is InChI=1S/C17H29NO4/c1-3-7-17(22,8-4-2)9-15(19)18-10-13(12-5-6-12)14(11-18)16(20)21/h12-14,22H,3-11H2,1-2H3,(H,20,21)/t13-,14+/m1/s1. The van der Waals surface area contributed by atoms with E-state index in [0.29, 0.717) is 31.8 Å². The molecular formula is C17H29NO4. The van der Waals surface area contributed by atoms with Gasteiger partial charge in [-0.25, -0.2) is 0 Å². The van der Waals surface area contributed by atoms with Crippen LogP contribution in [0.5, 0.6) is 0 Å². The van der Waals surface area contributed by atoms with Crippen LogP contribution in [0, 0.1) is 17.8 Å². The van der Waals surface area contributed by atoms with E-state index in [9.17, 15) is 19.8 Å². The normalized spacial score (nSPS) is 25.5. The third kappa shape index (κ3) is 4.00. The Morgan fingerprint density at radius 1 is 1.14 bits per heavy atom. The lowest BCUT2D eigenvalue weighted by Gasteiger charge is -2.29. The number of likely N-dealkylation sites (tertiary alicyclic amines) is 1. The van der Waals surface area contributed by atoms with Gasteiger partial charge in [-0.15, -0.1) is 0 Å². The first kappa shape index (κ1) is 17.3. The highest BCUT2D eigenvalue weighted by atomic mass is 16.4. The van der Waals surface area contributed by atoms with Gasteiger partial charge in [0.2, 0.25) is 5.91 Å². The number of nitrogens with zero attached hydrogens (tertiary/aromatic N) is 1. The maximum absolute atomic E-state index is 12.5. The molecule has 2 atom stereocenters. The molecule has 0 aromatic rings.